The summed E-state index contributed by atoms with van der Waals surface area (Å²) in [4.78, 5) is 4.63. The first-order chi connectivity index (χ1) is 8.72. The van der Waals surface area contributed by atoms with E-state index in [1.54, 1.807) is 7.11 Å². The Labute approximate surface area is 108 Å². The van der Waals surface area contributed by atoms with E-state index in [1.165, 1.54) is 0 Å². The molecule has 0 saturated carbocycles. The van der Waals surface area contributed by atoms with E-state index in [4.69, 9.17) is 10.5 Å². The molecule has 1 atom stereocenters. The molecule has 0 aliphatic heterocycles. The molecule has 0 fully saturated rings. The van der Waals surface area contributed by atoms with E-state index in [2.05, 4.69) is 15.6 Å². The Morgan fingerprint density at radius 2 is 2.17 bits per heavy atom. The van der Waals surface area contributed by atoms with E-state index in [-0.39, 0.29) is 6.04 Å². The van der Waals surface area contributed by atoms with Crippen LogP contribution in [-0.2, 0) is 18.2 Å². The fraction of sp³-hybridized carbons (Fsp3) is 0.500. The molecule has 1 unspecified atom stereocenters. The summed E-state index contributed by atoms with van der Waals surface area (Å²) in [5, 5.41) is 0. The Bertz CT molecular complexity index is 507. The van der Waals surface area contributed by atoms with Gasteiger partial charge in [-0.3, -0.25) is 0 Å². The number of fused-ring (bicyclic) bond motifs is 1. The highest BCUT2D eigenvalue weighted by Crippen LogP contribution is 2.15. The van der Waals surface area contributed by atoms with Crippen molar-refractivity contribution < 1.29 is 4.74 Å². The molecule has 0 spiro atoms. The number of hydrogen-bond acceptors (Lipinski definition) is 3. The van der Waals surface area contributed by atoms with Crippen molar-refractivity contribution in [2.75, 3.05) is 13.7 Å². The van der Waals surface area contributed by atoms with E-state index in [1.807, 2.05) is 25.2 Å². The number of methoxy groups -OCH3 is 1. The van der Waals surface area contributed by atoms with Gasteiger partial charge in [0, 0.05) is 33.2 Å². The van der Waals surface area contributed by atoms with E-state index in [0.717, 1.165) is 42.7 Å². The SMILES string of the molecule is COCCCC(N)Cc1nc2ccccc2n1C. The smallest absolute Gasteiger partial charge is 0.111 e. The van der Waals surface area contributed by atoms with Gasteiger partial charge in [0.05, 0.1) is 11.0 Å². The lowest BCUT2D eigenvalue weighted by Crippen LogP contribution is -2.24. The van der Waals surface area contributed by atoms with Gasteiger partial charge in [0.2, 0.25) is 0 Å². The van der Waals surface area contributed by atoms with Gasteiger partial charge >= 0.3 is 0 Å². The van der Waals surface area contributed by atoms with Gasteiger partial charge in [-0.25, -0.2) is 4.98 Å². The highest BCUT2D eigenvalue weighted by molar-refractivity contribution is 5.75. The zero-order valence-electron chi connectivity index (χ0n) is 11.1. The van der Waals surface area contributed by atoms with Gasteiger partial charge < -0.3 is 15.0 Å². The van der Waals surface area contributed by atoms with E-state index in [9.17, 15) is 0 Å². The maximum atomic E-state index is 6.13. The molecular weight excluding hydrogens is 226 g/mol. The summed E-state index contributed by atoms with van der Waals surface area (Å²) >= 11 is 0. The van der Waals surface area contributed by atoms with Crippen LogP contribution in [0.25, 0.3) is 11.0 Å². The Morgan fingerprint density at radius 1 is 1.39 bits per heavy atom. The van der Waals surface area contributed by atoms with Gasteiger partial charge in [-0.2, -0.15) is 0 Å². The number of aryl methyl sites for hydroxylation is 1. The fourth-order valence-corrected chi connectivity index (χ4v) is 2.20. The fourth-order valence-electron chi connectivity index (χ4n) is 2.20. The molecule has 2 N–H and O–H groups in total. The quantitative estimate of drug-likeness (QED) is 0.793. The molecule has 2 rings (SSSR count). The number of aromatic nitrogens is 2. The highest BCUT2D eigenvalue weighted by Gasteiger charge is 2.11. The van der Waals surface area contributed by atoms with Crippen LogP contribution in [0.5, 0.6) is 0 Å². The third-order valence-corrected chi connectivity index (χ3v) is 3.25. The van der Waals surface area contributed by atoms with Crippen molar-refractivity contribution in [3.05, 3.63) is 30.1 Å². The maximum absolute atomic E-state index is 6.13. The van der Waals surface area contributed by atoms with Gasteiger partial charge in [-0.15, -0.1) is 0 Å². The van der Waals surface area contributed by atoms with Crippen molar-refractivity contribution in [1.82, 2.24) is 9.55 Å². The van der Waals surface area contributed by atoms with Crippen LogP contribution in [0.2, 0.25) is 0 Å². The molecule has 1 aromatic heterocycles. The molecule has 4 heteroatoms. The van der Waals surface area contributed by atoms with Crippen LogP contribution in [0, 0.1) is 0 Å². The van der Waals surface area contributed by atoms with Crippen LogP contribution in [0.15, 0.2) is 24.3 Å². The van der Waals surface area contributed by atoms with Gasteiger partial charge in [0.25, 0.3) is 0 Å². The summed E-state index contributed by atoms with van der Waals surface area (Å²) in [7, 11) is 3.77. The second-order valence-electron chi connectivity index (χ2n) is 4.67. The topological polar surface area (TPSA) is 53.1 Å². The standard InChI is InChI=1S/C14H21N3O/c1-17-13-8-4-3-7-12(13)16-14(17)10-11(15)6-5-9-18-2/h3-4,7-8,11H,5-6,9-10,15H2,1-2H3. The zero-order valence-corrected chi connectivity index (χ0v) is 11.1. The number of nitrogens with zero attached hydrogens (tertiary/aromatic N) is 2. The summed E-state index contributed by atoms with van der Waals surface area (Å²) in [6, 6.07) is 8.32. The van der Waals surface area contributed by atoms with Gasteiger partial charge in [-0.1, -0.05) is 12.1 Å². The third-order valence-electron chi connectivity index (χ3n) is 3.25. The van der Waals surface area contributed by atoms with E-state index < -0.39 is 0 Å². The molecule has 2 aromatic rings. The largest absolute Gasteiger partial charge is 0.385 e. The van der Waals surface area contributed by atoms with Gasteiger partial charge in [-0.05, 0) is 25.0 Å². The van der Waals surface area contributed by atoms with Crippen LogP contribution in [0.3, 0.4) is 0 Å². The zero-order chi connectivity index (χ0) is 13.0. The number of ether oxygens (including phenoxy) is 1. The molecule has 98 valence electrons. The Morgan fingerprint density at radius 3 is 2.89 bits per heavy atom. The average Bonchev–Trinajstić information content (AvgIpc) is 2.67. The lowest BCUT2D eigenvalue weighted by atomic mass is 10.1. The van der Waals surface area contributed by atoms with Crippen molar-refractivity contribution in [2.45, 2.75) is 25.3 Å². The molecule has 1 heterocycles. The molecule has 0 aliphatic rings. The molecule has 0 bridgehead atoms. The molecule has 0 radical (unpaired) electrons. The third kappa shape index (κ3) is 2.89. The molecule has 0 aliphatic carbocycles. The number of rotatable bonds is 6. The van der Waals surface area contributed by atoms with Crippen molar-refractivity contribution >= 4 is 11.0 Å². The minimum Gasteiger partial charge on any atom is -0.385 e. The van der Waals surface area contributed by atoms with Crippen LogP contribution in [-0.4, -0.2) is 29.3 Å². The highest BCUT2D eigenvalue weighted by atomic mass is 16.5. The predicted molar refractivity (Wildman–Crippen MR) is 73.5 cm³/mol. The summed E-state index contributed by atoms with van der Waals surface area (Å²) in [6.07, 6.45) is 2.79. The Kier molecular flexibility index (Phi) is 4.33. The van der Waals surface area contributed by atoms with Crippen LogP contribution in [0.4, 0.5) is 0 Å². The van der Waals surface area contributed by atoms with Crippen molar-refractivity contribution in [3.8, 4) is 0 Å². The van der Waals surface area contributed by atoms with E-state index in [0.29, 0.717) is 0 Å². The molecule has 0 amide bonds. The molecule has 1 aromatic carbocycles. The lowest BCUT2D eigenvalue weighted by Gasteiger charge is -2.10. The first-order valence-electron chi connectivity index (χ1n) is 6.37. The van der Waals surface area contributed by atoms with Crippen molar-refractivity contribution in [1.29, 1.82) is 0 Å². The summed E-state index contributed by atoms with van der Waals surface area (Å²) < 4.78 is 7.17. The first-order valence-corrected chi connectivity index (χ1v) is 6.37. The van der Waals surface area contributed by atoms with Crippen LogP contribution in [0.1, 0.15) is 18.7 Å². The number of hydrogen-bond donors (Lipinski definition) is 1. The second kappa shape index (κ2) is 5.98. The molecular formula is C14H21N3O. The van der Waals surface area contributed by atoms with Crippen molar-refractivity contribution in [2.24, 2.45) is 12.8 Å². The predicted octanol–water partition coefficient (Wildman–Crippen LogP) is 1.87. The number of para-hydroxylation sites is 2. The van der Waals surface area contributed by atoms with Gasteiger partial charge in [0.15, 0.2) is 0 Å². The van der Waals surface area contributed by atoms with Crippen molar-refractivity contribution in [3.63, 3.8) is 0 Å². The first kappa shape index (κ1) is 13.1. The monoisotopic (exact) mass is 247 g/mol. The normalized spacial score (nSPS) is 13.1. The average molecular weight is 247 g/mol. The lowest BCUT2D eigenvalue weighted by molar-refractivity contribution is 0.190. The van der Waals surface area contributed by atoms with E-state index >= 15 is 0 Å². The minimum absolute atomic E-state index is 0.149. The van der Waals surface area contributed by atoms with Crippen LogP contribution >= 0.6 is 0 Å². The van der Waals surface area contributed by atoms with Gasteiger partial charge in [0.1, 0.15) is 5.82 Å². The molecule has 18 heavy (non-hydrogen) atoms. The second-order valence-corrected chi connectivity index (χ2v) is 4.67. The number of imidazole rings is 1. The number of benzene rings is 1. The number of nitrogens with two attached hydrogens (primary N) is 1. The summed E-state index contributed by atoms with van der Waals surface area (Å²) in [5.74, 6) is 1.06. The maximum Gasteiger partial charge on any atom is 0.111 e. The Balaban J connectivity index is 2.05. The molecule has 0 saturated heterocycles. The minimum atomic E-state index is 0.149. The van der Waals surface area contributed by atoms with Crippen LogP contribution < -0.4 is 5.73 Å². The Hall–Kier alpha value is -1.39. The summed E-state index contributed by atoms with van der Waals surface area (Å²) in [5.41, 5.74) is 8.33. The summed E-state index contributed by atoms with van der Waals surface area (Å²) in [6.45, 7) is 0.774. The molecule has 4 nitrogen and oxygen atoms in total.